The molecule has 0 saturated carbocycles. The highest BCUT2D eigenvalue weighted by Crippen LogP contribution is 2.32. The zero-order valence-electron chi connectivity index (χ0n) is 10.8. The molecule has 1 N–H and O–H groups in total. The van der Waals surface area contributed by atoms with Gasteiger partial charge in [0.15, 0.2) is 0 Å². The molecule has 1 heterocycles. The average Bonchev–Trinajstić information content (AvgIpc) is 2.89. The van der Waals surface area contributed by atoms with Gasteiger partial charge in [-0.2, -0.15) is 5.26 Å². The van der Waals surface area contributed by atoms with Gasteiger partial charge in [0, 0.05) is 17.1 Å². The minimum absolute atomic E-state index is 0.179. The number of nitrogens with zero attached hydrogens (tertiary/aromatic N) is 1. The Balaban J connectivity index is 1.71. The summed E-state index contributed by atoms with van der Waals surface area (Å²) < 4.78 is 5.63. The van der Waals surface area contributed by atoms with Crippen LogP contribution in [0.1, 0.15) is 22.7 Å². The maximum absolute atomic E-state index is 8.82. The third-order valence-corrected chi connectivity index (χ3v) is 3.77. The standard InChI is InChI=1S/C16H13ClN2O/c17-14-7-11(8-18)5-6-12(14)9-19-15-10-20-16-4-2-1-3-13(15)16/h1-7,15,19H,9-10H2. The van der Waals surface area contributed by atoms with E-state index in [1.54, 1.807) is 12.1 Å². The molecule has 3 rings (SSSR count). The molecular formula is C16H13ClN2O. The van der Waals surface area contributed by atoms with E-state index in [1.807, 2.05) is 24.3 Å². The van der Waals surface area contributed by atoms with Gasteiger partial charge in [-0.3, -0.25) is 0 Å². The number of rotatable bonds is 3. The van der Waals surface area contributed by atoms with Crippen molar-refractivity contribution in [1.82, 2.24) is 5.32 Å². The van der Waals surface area contributed by atoms with Crippen molar-refractivity contribution in [2.75, 3.05) is 6.61 Å². The summed E-state index contributed by atoms with van der Waals surface area (Å²) in [6.45, 7) is 1.28. The highest BCUT2D eigenvalue weighted by Gasteiger charge is 2.22. The molecule has 20 heavy (non-hydrogen) atoms. The third kappa shape index (κ3) is 2.49. The molecular weight excluding hydrogens is 272 g/mol. The Labute approximate surface area is 122 Å². The predicted octanol–water partition coefficient (Wildman–Crippen LogP) is 3.43. The summed E-state index contributed by atoms with van der Waals surface area (Å²) in [4.78, 5) is 0. The van der Waals surface area contributed by atoms with E-state index in [9.17, 15) is 0 Å². The molecule has 2 aromatic carbocycles. The second kappa shape index (κ2) is 5.54. The zero-order valence-corrected chi connectivity index (χ0v) is 11.5. The van der Waals surface area contributed by atoms with Gasteiger partial charge in [0.25, 0.3) is 0 Å². The monoisotopic (exact) mass is 284 g/mol. The molecule has 1 aliphatic rings. The molecule has 0 saturated heterocycles. The van der Waals surface area contributed by atoms with Crippen LogP contribution in [0, 0.1) is 11.3 Å². The Morgan fingerprint density at radius 3 is 2.95 bits per heavy atom. The van der Waals surface area contributed by atoms with E-state index in [-0.39, 0.29) is 6.04 Å². The first-order valence-electron chi connectivity index (χ1n) is 6.41. The summed E-state index contributed by atoms with van der Waals surface area (Å²) in [5.74, 6) is 0.941. The molecule has 2 aromatic rings. The molecule has 1 unspecified atom stereocenters. The van der Waals surface area contributed by atoms with Gasteiger partial charge in [-0.15, -0.1) is 0 Å². The molecule has 3 nitrogen and oxygen atoms in total. The first-order valence-corrected chi connectivity index (χ1v) is 6.79. The van der Waals surface area contributed by atoms with Crippen LogP contribution in [0.3, 0.4) is 0 Å². The normalized spacial score (nSPS) is 16.3. The summed E-state index contributed by atoms with van der Waals surface area (Å²) in [7, 11) is 0. The fourth-order valence-corrected chi connectivity index (χ4v) is 2.57. The fourth-order valence-electron chi connectivity index (χ4n) is 2.33. The lowest BCUT2D eigenvalue weighted by atomic mass is 10.1. The summed E-state index contributed by atoms with van der Waals surface area (Å²) in [5.41, 5.74) is 2.74. The molecule has 1 atom stereocenters. The topological polar surface area (TPSA) is 45.0 Å². The number of benzene rings is 2. The van der Waals surface area contributed by atoms with Crippen LogP contribution in [0.25, 0.3) is 0 Å². The van der Waals surface area contributed by atoms with E-state index >= 15 is 0 Å². The highest BCUT2D eigenvalue weighted by molar-refractivity contribution is 6.31. The van der Waals surface area contributed by atoms with Crippen molar-refractivity contribution >= 4 is 11.6 Å². The number of para-hydroxylation sites is 1. The summed E-state index contributed by atoms with van der Waals surface area (Å²) in [5, 5.41) is 12.9. The van der Waals surface area contributed by atoms with E-state index in [0.29, 0.717) is 23.7 Å². The molecule has 0 amide bonds. The van der Waals surface area contributed by atoms with Crippen molar-refractivity contribution in [3.63, 3.8) is 0 Å². The van der Waals surface area contributed by atoms with E-state index in [0.717, 1.165) is 11.3 Å². The SMILES string of the molecule is N#Cc1ccc(CNC2COc3ccccc32)c(Cl)c1. The lowest BCUT2D eigenvalue weighted by molar-refractivity contribution is 0.310. The van der Waals surface area contributed by atoms with Crippen molar-refractivity contribution < 1.29 is 4.74 Å². The number of fused-ring (bicyclic) bond motifs is 1. The van der Waals surface area contributed by atoms with Gasteiger partial charge in [0.2, 0.25) is 0 Å². The van der Waals surface area contributed by atoms with Crippen LogP contribution < -0.4 is 10.1 Å². The molecule has 1 aliphatic heterocycles. The summed E-state index contributed by atoms with van der Waals surface area (Å²) >= 11 is 6.17. The lowest BCUT2D eigenvalue weighted by Gasteiger charge is -2.12. The molecule has 0 spiro atoms. The largest absolute Gasteiger partial charge is 0.491 e. The number of nitrogens with one attached hydrogen (secondary N) is 1. The minimum Gasteiger partial charge on any atom is -0.491 e. The Morgan fingerprint density at radius 1 is 1.30 bits per heavy atom. The van der Waals surface area contributed by atoms with Gasteiger partial charge < -0.3 is 10.1 Å². The van der Waals surface area contributed by atoms with Crippen LogP contribution in [0.4, 0.5) is 0 Å². The van der Waals surface area contributed by atoms with E-state index < -0.39 is 0 Å². The van der Waals surface area contributed by atoms with Gasteiger partial charge >= 0.3 is 0 Å². The second-order valence-electron chi connectivity index (χ2n) is 4.70. The Hall–Kier alpha value is -2.02. The van der Waals surface area contributed by atoms with E-state index in [1.165, 1.54) is 5.56 Å². The van der Waals surface area contributed by atoms with Crippen LogP contribution in [-0.4, -0.2) is 6.61 Å². The van der Waals surface area contributed by atoms with E-state index in [4.69, 9.17) is 21.6 Å². The maximum atomic E-state index is 8.82. The second-order valence-corrected chi connectivity index (χ2v) is 5.11. The van der Waals surface area contributed by atoms with Gasteiger partial charge in [-0.1, -0.05) is 35.9 Å². The predicted molar refractivity (Wildman–Crippen MR) is 77.7 cm³/mol. The summed E-state index contributed by atoms with van der Waals surface area (Å²) in [6.07, 6.45) is 0. The average molecular weight is 285 g/mol. The Kier molecular flexibility index (Phi) is 3.60. The maximum Gasteiger partial charge on any atom is 0.124 e. The van der Waals surface area contributed by atoms with Gasteiger partial charge in [0.1, 0.15) is 12.4 Å². The first-order chi connectivity index (χ1) is 9.78. The highest BCUT2D eigenvalue weighted by atomic mass is 35.5. The zero-order chi connectivity index (χ0) is 13.9. The number of halogens is 1. The van der Waals surface area contributed by atoms with Crippen LogP contribution in [0.15, 0.2) is 42.5 Å². The van der Waals surface area contributed by atoms with Gasteiger partial charge in [0.05, 0.1) is 17.7 Å². The van der Waals surface area contributed by atoms with Crippen molar-refractivity contribution in [1.29, 1.82) is 5.26 Å². The van der Waals surface area contributed by atoms with Crippen LogP contribution >= 0.6 is 11.6 Å². The summed E-state index contributed by atoms with van der Waals surface area (Å²) in [6, 6.07) is 15.6. The van der Waals surface area contributed by atoms with Gasteiger partial charge in [-0.25, -0.2) is 0 Å². The number of ether oxygens (including phenoxy) is 1. The van der Waals surface area contributed by atoms with Gasteiger partial charge in [-0.05, 0) is 23.8 Å². The molecule has 4 heteroatoms. The molecule has 100 valence electrons. The van der Waals surface area contributed by atoms with Crippen LogP contribution in [-0.2, 0) is 6.54 Å². The number of hydrogen-bond acceptors (Lipinski definition) is 3. The Bertz CT molecular complexity index is 678. The van der Waals surface area contributed by atoms with Crippen LogP contribution in [0.2, 0.25) is 5.02 Å². The smallest absolute Gasteiger partial charge is 0.124 e. The van der Waals surface area contributed by atoms with Crippen molar-refractivity contribution in [2.45, 2.75) is 12.6 Å². The molecule has 0 aliphatic carbocycles. The van der Waals surface area contributed by atoms with E-state index in [2.05, 4.69) is 17.5 Å². The molecule has 0 fully saturated rings. The Morgan fingerprint density at radius 2 is 2.15 bits per heavy atom. The van der Waals surface area contributed by atoms with Crippen molar-refractivity contribution in [2.24, 2.45) is 0 Å². The first kappa shape index (κ1) is 13.0. The molecule has 0 radical (unpaired) electrons. The third-order valence-electron chi connectivity index (χ3n) is 3.42. The van der Waals surface area contributed by atoms with Crippen LogP contribution in [0.5, 0.6) is 5.75 Å². The number of nitriles is 1. The van der Waals surface area contributed by atoms with Crippen molar-refractivity contribution in [3.05, 3.63) is 64.2 Å². The number of hydrogen-bond donors (Lipinski definition) is 1. The fraction of sp³-hybridized carbons (Fsp3) is 0.188. The quantitative estimate of drug-likeness (QED) is 0.939. The molecule has 0 aromatic heterocycles. The molecule has 0 bridgehead atoms. The van der Waals surface area contributed by atoms with Crippen molar-refractivity contribution in [3.8, 4) is 11.8 Å². The lowest BCUT2D eigenvalue weighted by Crippen LogP contribution is -2.22. The minimum atomic E-state index is 0.179.